The van der Waals surface area contributed by atoms with Gasteiger partial charge in [0.1, 0.15) is 6.04 Å². The first kappa shape index (κ1) is 46.9. The second kappa shape index (κ2) is 28.9. The van der Waals surface area contributed by atoms with E-state index in [9.17, 15) is 33.6 Å². The molecule has 1 unspecified atom stereocenters. The van der Waals surface area contributed by atoms with Crippen LogP contribution in [0.25, 0.3) is 0 Å². The summed E-state index contributed by atoms with van der Waals surface area (Å²) in [6.07, 6.45) is 4.01. The van der Waals surface area contributed by atoms with Gasteiger partial charge in [-0.25, -0.2) is 4.90 Å². The van der Waals surface area contributed by atoms with Crippen LogP contribution in [-0.2, 0) is 35.2 Å². The van der Waals surface area contributed by atoms with E-state index in [-0.39, 0.29) is 41.8 Å². The van der Waals surface area contributed by atoms with Gasteiger partial charge in [0, 0.05) is 51.7 Å². The molecule has 0 bridgehead atoms. The van der Waals surface area contributed by atoms with Crippen molar-refractivity contribution >= 4 is 47.0 Å². The molecule has 0 saturated heterocycles. The Labute approximate surface area is 281 Å². The summed E-state index contributed by atoms with van der Waals surface area (Å²) < 4.78 is 0. The maximum absolute atomic E-state index is 13.0. The number of imide groups is 1. The molecule has 47 heavy (non-hydrogen) atoms. The molecule has 1 atom stereocenters. The van der Waals surface area contributed by atoms with Crippen molar-refractivity contribution < 1.29 is 33.6 Å². The van der Waals surface area contributed by atoms with E-state index >= 15 is 0 Å². The van der Waals surface area contributed by atoms with E-state index in [2.05, 4.69) is 26.6 Å². The van der Waals surface area contributed by atoms with Crippen LogP contribution in [0, 0.1) is 0 Å². The number of benzene rings is 1. The van der Waals surface area contributed by atoms with Crippen LogP contribution in [-0.4, -0.2) is 74.6 Å². The summed E-state index contributed by atoms with van der Waals surface area (Å²) in [5.74, 6) is -3.03. The van der Waals surface area contributed by atoms with E-state index in [1.54, 1.807) is 0 Å². The average Bonchev–Trinajstić information content (AvgIpc) is 3.45. The van der Waals surface area contributed by atoms with Gasteiger partial charge < -0.3 is 26.6 Å². The van der Waals surface area contributed by atoms with E-state index in [1.807, 2.05) is 55.4 Å². The summed E-state index contributed by atoms with van der Waals surface area (Å²) in [6, 6.07) is 3.53. The highest BCUT2D eigenvalue weighted by Crippen LogP contribution is 2.24. The molecule has 0 saturated carbocycles. The van der Waals surface area contributed by atoms with Crippen LogP contribution < -0.4 is 31.5 Å². The Morgan fingerprint density at radius 1 is 0.766 bits per heavy atom. The number of anilines is 1. The van der Waals surface area contributed by atoms with Crippen LogP contribution in [0.5, 0.6) is 0 Å². The van der Waals surface area contributed by atoms with Crippen LogP contribution >= 0.6 is 0 Å². The Bertz CT molecular complexity index is 1150. The van der Waals surface area contributed by atoms with Crippen molar-refractivity contribution in [1.29, 1.82) is 0 Å². The molecule has 13 nitrogen and oxygen atoms in total. The predicted octanol–water partition coefficient (Wildman–Crippen LogP) is 3.17. The highest BCUT2D eigenvalue weighted by molar-refractivity contribution is 6.28. The highest BCUT2D eigenvalue weighted by Gasteiger charge is 2.26. The second-order valence-corrected chi connectivity index (χ2v) is 8.76. The number of hydrogen-bond donors (Lipinski definition) is 5. The Morgan fingerprint density at radius 2 is 1.34 bits per heavy atom. The fourth-order valence-electron chi connectivity index (χ4n) is 3.86. The minimum Gasteiger partial charge on any atom is -0.359 e. The van der Waals surface area contributed by atoms with Crippen molar-refractivity contribution in [1.82, 2.24) is 26.6 Å². The number of unbranched alkanes of at least 4 members (excludes halogenated alkanes) is 1. The molecule has 1 heterocycles. The lowest BCUT2D eigenvalue weighted by Crippen LogP contribution is -2.48. The molecule has 5 N–H and O–H groups in total. The Hall–Kier alpha value is -4.55. The largest absolute Gasteiger partial charge is 0.359 e. The molecule has 1 aliphatic heterocycles. The molecule has 1 aromatic carbocycles. The van der Waals surface area contributed by atoms with Gasteiger partial charge in [-0.3, -0.25) is 33.6 Å². The fraction of sp³-hybridized carbons (Fsp3) is 0.559. The molecule has 0 aliphatic carbocycles. The van der Waals surface area contributed by atoms with Gasteiger partial charge in [0.15, 0.2) is 0 Å². The summed E-state index contributed by atoms with van der Waals surface area (Å²) in [5, 5.41) is 12.8. The number of hydrogen-bond acceptors (Lipinski definition) is 7. The van der Waals surface area contributed by atoms with Crippen LogP contribution in [0.1, 0.15) is 104 Å². The predicted molar refractivity (Wildman–Crippen MR) is 187 cm³/mol. The molecule has 2 rings (SSSR count). The van der Waals surface area contributed by atoms with Gasteiger partial charge in [0.2, 0.25) is 23.6 Å². The third-order valence-corrected chi connectivity index (χ3v) is 5.90. The smallest absolute Gasteiger partial charge is 0.258 e. The molecule has 1 aliphatic rings. The van der Waals surface area contributed by atoms with E-state index in [1.165, 1.54) is 39.2 Å². The quantitative estimate of drug-likeness (QED) is 0.150. The zero-order chi connectivity index (χ0) is 36.9. The third kappa shape index (κ3) is 18.3. The number of aryl methyl sites for hydroxylation is 1. The summed E-state index contributed by atoms with van der Waals surface area (Å²) in [6.45, 7) is 17.5. The van der Waals surface area contributed by atoms with Gasteiger partial charge in [0.25, 0.3) is 17.7 Å². The monoisotopic (exact) mass is 662 g/mol. The maximum Gasteiger partial charge on any atom is 0.258 e. The summed E-state index contributed by atoms with van der Waals surface area (Å²) in [4.78, 5) is 85.5. The van der Waals surface area contributed by atoms with Crippen molar-refractivity contribution in [2.45, 2.75) is 100 Å². The molecule has 7 amide bonds. The summed E-state index contributed by atoms with van der Waals surface area (Å²) in [7, 11) is 2.93. The minimum atomic E-state index is -0.816. The Kier molecular flexibility index (Phi) is 28.8. The fourth-order valence-corrected chi connectivity index (χ4v) is 3.86. The number of nitrogens with one attached hydrogen (secondary N) is 5. The lowest BCUT2D eigenvalue weighted by Gasteiger charge is -2.19. The van der Waals surface area contributed by atoms with E-state index < -0.39 is 36.2 Å². The lowest BCUT2D eigenvalue weighted by atomic mass is 10.0. The van der Waals surface area contributed by atoms with Crippen molar-refractivity contribution in [3.63, 3.8) is 0 Å². The van der Waals surface area contributed by atoms with Gasteiger partial charge in [0.05, 0.1) is 12.2 Å². The van der Waals surface area contributed by atoms with Crippen molar-refractivity contribution in [2.24, 2.45) is 0 Å². The number of amides is 7. The molecular formula is C34H58N6O7. The molecule has 0 radical (unpaired) electrons. The first-order chi connectivity index (χ1) is 22.6. The van der Waals surface area contributed by atoms with Crippen LogP contribution in [0.4, 0.5) is 5.69 Å². The van der Waals surface area contributed by atoms with Crippen molar-refractivity contribution in [3.05, 3.63) is 41.5 Å². The van der Waals surface area contributed by atoms with Gasteiger partial charge in [-0.15, -0.1) is 0 Å². The van der Waals surface area contributed by atoms with Gasteiger partial charge in [-0.2, -0.15) is 0 Å². The minimum absolute atomic E-state index is 0.0522. The van der Waals surface area contributed by atoms with Gasteiger partial charge in [-0.05, 0) is 49.4 Å². The van der Waals surface area contributed by atoms with E-state index in [4.69, 9.17) is 0 Å². The van der Waals surface area contributed by atoms with Gasteiger partial charge in [-0.1, -0.05) is 55.4 Å². The molecule has 1 aromatic rings. The van der Waals surface area contributed by atoms with Crippen LogP contribution in [0.2, 0.25) is 0 Å². The lowest BCUT2D eigenvalue weighted by molar-refractivity contribution is -0.128. The molecule has 13 heteroatoms. The van der Waals surface area contributed by atoms with Crippen LogP contribution in [0.15, 0.2) is 30.4 Å². The molecule has 0 fully saturated rings. The molecule has 0 spiro atoms. The first-order valence-electron chi connectivity index (χ1n) is 16.5. The molecule has 0 aromatic heterocycles. The molecular weight excluding hydrogens is 604 g/mol. The highest BCUT2D eigenvalue weighted by atomic mass is 16.2. The number of nitrogens with zero attached hydrogens (tertiary/aromatic N) is 1. The molecule has 266 valence electrons. The zero-order valence-corrected chi connectivity index (χ0v) is 30.2. The summed E-state index contributed by atoms with van der Waals surface area (Å²) >= 11 is 0. The zero-order valence-electron chi connectivity index (χ0n) is 30.2. The van der Waals surface area contributed by atoms with E-state index in [0.29, 0.717) is 31.4 Å². The SMILES string of the molecule is CC.CC.CC.CC.CNC(=O)CCc1cc(N2C(=O)C=CC2=O)ccc1C(=O)NCC(=O)NC(CCCCNC(C)=O)C(=O)NC. The topological polar surface area (TPSA) is 183 Å². The Morgan fingerprint density at radius 3 is 1.85 bits per heavy atom. The summed E-state index contributed by atoms with van der Waals surface area (Å²) in [5.41, 5.74) is 0.829. The van der Waals surface area contributed by atoms with E-state index in [0.717, 1.165) is 17.1 Å². The number of rotatable bonds is 14. The Balaban J connectivity index is -0.00000224. The number of carbonyl (C=O) groups is 7. The maximum atomic E-state index is 13.0. The average molecular weight is 663 g/mol. The first-order valence-corrected chi connectivity index (χ1v) is 16.5. The normalized spacial score (nSPS) is 11.3. The van der Waals surface area contributed by atoms with Gasteiger partial charge >= 0.3 is 0 Å². The standard InChI is InChI=1S/C26H34N6O7.4C2H6/c1-16(33)29-13-5-4-6-20(26(39)28-3)31-22(35)15-30-25(38)19-9-8-18(32-23(36)11-12-24(32)37)14-17(19)7-10-21(34)27-2;4*1-2/h8-9,11-12,14,20H,4-7,10,13,15H2,1-3H3,(H,27,34)(H,28,39)(H,29,33)(H,30,38)(H,31,35);4*1-2H3. The van der Waals surface area contributed by atoms with Crippen molar-refractivity contribution in [2.75, 3.05) is 32.1 Å². The number of likely N-dealkylation sites (N-methyl/N-ethyl adjacent to an activating group) is 1. The second-order valence-electron chi connectivity index (χ2n) is 8.76. The third-order valence-electron chi connectivity index (χ3n) is 5.90. The van der Waals surface area contributed by atoms with Crippen molar-refractivity contribution in [3.8, 4) is 0 Å². The van der Waals surface area contributed by atoms with Crippen LogP contribution in [0.3, 0.4) is 0 Å². The number of carbonyl (C=O) groups excluding carboxylic acids is 7.